The molecule has 27 heavy (non-hydrogen) atoms. The molecule has 2 rings (SSSR count). The van der Waals surface area contributed by atoms with Crippen molar-refractivity contribution in [3.63, 3.8) is 0 Å². The van der Waals surface area contributed by atoms with Crippen LogP contribution in [0, 0.1) is 10.1 Å². The van der Waals surface area contributed by atoms with Gasteiger partial charge in [-0.3, -0.25) is 19.5 Å². The Morgan fingerprint density at radius 3 is 2.59 bits per heavy atom. The van der Waals surface area contributed by atoms with E-state index in [2.05, 4.69) is 0 Å². The van der Waals surface area contributed by atoms with Crippen LogP contribution < -0.4 is 10.6 Å². The number of hydrogen-bond donors (Lipinski definition) is 4. The number of nitro benzene ring substituents is 1. The molecule has 1 saturated heterocycles. The van der Waals surface area contributed by atoms with E-state index in [9.17, 15) is 29.5 Å². The third-order valence-electron chi connectivity index (χ3n) is 4.31. The summed E-state index contributed by atoms with van der Waals surface area (Å²) in [4.78, 5) is 33.4. The highest BCUT2D eigenvalue weighted by Crippen LogP contribution is 2.55. The number of nitrogens with two attached hydrogens (primary N) is 1. The zero-order chi connectivity index (χ0) is 20.2. The lowest BCUT2D eigenvalue weighted by Gasteiger charge is -2.29. The lowest BCUT2D eigenvalue weighted by Crippen LogP contribution is -2.36. The zero-order valence-corrected chi connectivity index (χ0v) is 15.3. The van der Waals surface area contributed by atoms with Crippen LogP contribution >= 0.6 is 7.37 Å². The van der Waals surface area contributed by atoms with Crippen LogP contribution in [-0.4, -0.2) is 64.5 Å². The van der Waals surface area contributed by atoms with Gasteiger partial charge in [0.05, 0.1) is 18.1 Å². The number of ether oxygens (including phenoxy) is 1. The second kappa shape index (κ2) is 8.77. The minimum Gasteiger partial charge on any atom is -0.480 e. The summed E-state index contributed by atoms with van der Waals surface area (Å²) in [5, 5.41) is 30.4. The molecule has 3 atom stereocenters. The standard InChI is InChI=1S/C15H22N3O8P/c16-11(14(19)20)3-8-27(24,25)15(21)10-1-2-12(13(9-10)18(22)23)17-4-6-26-7-5-17/h1-2,9,11,15,21H,3-8,16H2,(H,19,20)(H,24,25). The highest BCUT2D eigenvalue weighted by atomic mass is 31.2. The topological polar surface area (TPSA) is 176 Å². The van der Waals surface area contributed by atoms with E-state index in [1.165, 1.54) is 12.1 Å². The number of carboxylic acid groups (broad SMARTS) is 1. The van der Waals surface area contributed by atoms with Crippen LogP contribution in [0.1, 0.15) is 17.8 Å². The van der Waals surface area contributed by atoms with Gasteiger partial charge in [0.1, 0.15) is 11.7 Å². The molecule has 0 saturated carbocycles. The van der Waals surface area contributed by atoms with Gasteiger partial charge in [-0.05, 0) is 18.1 Å². The van der Waals surface area contributed by atoms with E-state index in [1.54, 1.807) is 4.90 Å². The van der Waals surface area contributed by atoms with Crippen LogP contribution in [0.25, 0.3) is 0 Å². The Kier molecular flexibility index (Phi) is 6.90. The molecule has 0 radical (unpaired) electrons. The summed E-state index contributed by atoms with van der Waals surface area (Å²) in [5.74, 6) is -3.20. The first kappa shape index (κ1) is 21.3. The number of carboxylic acids is 1. The van der Waals surface area contributed by atoms with Gasteiger partial charge in [0, 0.05) is 25.3 Å². The normalized spacial score (nSPS) is 19.1. The number of carbonyl (C=O) groups is 1. The Balaban J connectivity index is 2.24. The average Bonchev–Trinajstić information content (AvgIpc) is 2.65. The van der Waals surface area contributed by atoms with Crippen LogP contribution in [0.2, 0.25) is 0 Å². The predicted octanol–water partition coefficient (Wildman–Crippen LogP) is 0.495. The average molecular weight is 403 g/mol. The number of rotatable bonds is 8. The molecule has 0 aliphatic carbocycles. The monoisotopic (exact) mass is 403 g/mol. The molecule has 0 spiro atoms. The van der Waals surface area contributed by atoms with E-state index in [1.807, 2.05) is 0 Å². The van der Waals surface area contributed by atoms with E-state index in [0.29, 0.717) is 32.0 Å². The Morgan fingerprint density at radius 1 is 1.41 bits per heavy atom. The number of aliphatic hydroxyl groups excluding tert-OH is 1. The Labute approximate surface area is 154 Å². The van der Waals surface area contributed by atoms with E-state index in [4.69, 9.17) is 15.6 Å². The van der Waals surface area contributed by atoms with Crippen molar-refractivity contribution in [2.24, 2.45) is 5.73 Å². The van der Waals surface area contributed by atoms with Crippen molar-refractivity contribution in [1.29, 1.82) is 0 Å². The number of nitro groups is 1. The molecule has 3 unspecified atom stereocenters. The minimum absolute atomic E-state index is 0.0894. The van der Waals surface area contributed by atoms with Crippen LogP contribution in [0.15, 0.2) is 18.2 Å². The number of aliphatic hydroxyl groups is 1. The van der Waals surface area contributed by atoms with Crippen molar-refractivity contribution in [1.82, 2.24) is 0 Å². The zero-order valence-electron chi connectivity index (χ0n) is 14.4. The second-order valence-electron chi connectivity index (χ2n) is 6.19. The molecule has 5 N–H and O–H groups in total. The SMILES string of the molecule is NC(CCP(=O)(O)C(O)c1ccc(N2CCOCC2)c([N+](=O)[O-])c1)C(=O)O. The molecule has 1 aliphatic rings. The molecule has 0 bridgehead atoms. The Morgan fingerprint density at radius 2 is 2.04 bits per heavy atom. The number of nitrogens with zero attached hydrogens (tertiary/aromatic N) is 2. The summed E-state index contributed by atoms with van der Waals surface area (Å²) in [7, 11) is -4.24. The van der Waals surface area contributed by atoms with Crippen molar-refractivity contribution in [2.75, 3.05) is 37.4 Å². The van der Waals surface area contributed by atoms with Gasteiger partial charge in [-0.2, -0.15) is 0 Å². The maximum absolute atomic E-state index is 12.4. The first-order valence-corrected chi connectivity index (χ1v) is 10.1. The quantitative estimate of drug-likeness (QED) is 0.271. The molecule has 0 aromatic heterocycles. The maximum Gasteiger partial charge on any atom is 0.320 e. The highest BCUT2D eigenvalue weighted by molar-refractivity contribution is 7.58. The third kappa shape index (κ3) is 5.24. The molecule has 12 heteroatoms. The van der Waals surface area contributed by atoms with Gasteiger partial charge < -0.3 is 30.5 Å². The number of benzene rings is 1. The first-order chi connectivity index (χ1) is 12.6. The molecule has 0 amide bonds. The van der Waals surface area contributed by atoms with Crippen LogP contribution in [-0.2, 0) is 14.1 Å². The molecular formula is C15H22N3O8P. The lowest BCUT2D eigenvalue weighted by molar-refractivity contribution is -0.384. The Hall–Kier alpha value is -2.04. The molecule has 11 nitrogen and oxygen atoms in total. The van der Waals surface area contributed by atoms with Crippen LogP contribution in [0.4, 0.5) is 11.4 Å². The summed E-state index contributed by atoms with van der Waals surface area (Å²) in [6, 6.07) is 2.50. The predicted molar refractivity (Wildman–Crippen MR) is 96.0 cm³/mol. The number of aliphatic carboxylic acids is 1. The fourth-order valence-corrected chi connectivity index (χ4v) is 4.24. The third-order valence-corrected chi connectivity index (χ3v) is 6.27. The van der Waals surface area contributed by atoms with Gasteiger partial charge in [-0.15, -0.1) is 0 Å². The van der Waals surface area contributed by atoms with Gasteiger partial charge in [0.2, 0.25) is 7.37 Å². The molecule has 1 heterocycles. The Bertz CT molecular complexity index is 753. The van der Waals surface area contributed by atoms with Crippen molar-refractivity contribution in [2.45, 2.75) is 18.3 Å². The van der Waals surface area contributed by atoms with E-state index in [0.717, 1.165) is 6.07 Å². The number of anilines is 1. The summed E-state index contributed by atoms with van der Waals surface area (Å²) in [6.45, 7) is 1.79. The second-order valence-corrected chi connectivity index (χ2v) is 8.64. The molecule has 150 valence electrons. The lowest BCUT2D eigenvalue weighted by atomic mass is 10.1. The number of morpholine rings is 1. The highest BCUT2D eigenvalue weighted by Gasteiger charge is 2.33. The molecular weight excluding hydrogens is 381 g/mol. The van der Waals surface area contributed by atoms with Gasteiger partial charge in [0.25, 0.3) is 5.69 Å². The first-order valence-electron chi connectivity index (χ1n) is 8.22. The van der Waals surface area contributed by atoms with Gasteiger partial charge in [-0.25, -0.2) is 0 Å². The van der Waals surface area contributed by atoms with Crippen molar-refractivity contribution < 1.29 is 34.1 Å². The fourth-order valence-electron chi connectivity index (χ4n) is 2.72. The maximum atomic E-state index is 12.4. The summed E-state index contributed by atoms with van der Waals surface area (Å²) >= 11 is 0. The van der Waals surface area contributed by atoms with Crippen LogP contribution in [0.3, 0.4) is 0 Å². The molecule has 1 aromatic rings. The largest absolute Gasteiger partial charge is 0.480 e. The molecule has 1 fully saturated rings. The van der Waals surface area contributed by atoms with Gasteiger partial charge in [0.15, 0.2) is 5.85 Å². The molecule has 1 aliphatic heterocycles. The van der Waals surface area contributed by atoms with Gasteiger partial charge >= 0.3 is 5.97 Å². The smallest absolute Gasteiger partial charge is 0.320 e. The van der Waals surface area contributed by atoms with Gasteiger partial charge in [-0.1, -0.05) is 6.07 Å². The minimum atomic E-state index is -4.24. The summed E-state index contributed by atoms with van der Waals surface area (Å²) < 4.78 is 17.6. The van der Waals surface area contributed by atoms with E-state index < -0.39 is 36.3 Å². The number of hydrogen-bond acceptors (Lipinski definition) is 8. The van der Waals surface area contributed by atoms with Crippen molar-refractivity contribution in [3.8, 4) is 0 Å². The van der Waals surface area contributed by atoms with Crippen molar-refractivity contribution in [3.05, 3.63) is 33.9 Å². The summed E-state index contributed by atoms with van der Waals surface area (Å²) in [6.07, 6.45) is -0.839. The summed E-state index contributed by atoms with van der Waals surface area (Å²) in [5.41, 5.74) is 5.26. The van der Waals surface area contributed by atoms with E-state index >= 15 is 0 Å². The van der Waals surface area contributed by atoms with Crippen LogP contribution in [0.5, 0.6) is 0 Å². The molecule has 1 aromatic carbocycles. The fraction of sp³-hybridized carbons (Fsp3) is 0.533. The van der Waals surface area contributed by atoms with Crippen molar-refractivity contribution >= 4 is 24.7 Å². The van der Waals surface area contributed by atoms with E-state index in [-0.39, 0.29) is 17.7 Å².